The largest absolute Gasteiger partial charge is 0.480 e. The van der Waals surface area contributed by atoms with Gasteiger partial charge in [0.1, 0.15) is 5.54 Å². The second-order valence-electron chi connectivity index (χ2n) is 8.49. The number of aliphatic carboxylic acids is 1. The Hall–Kier alpha value is -1.41. The molecule has 3 rings (SSSR count). The first-order valence-corrected chi connectivity index (χ1v) is 10.6. The van der Waals surface area contributed by atoms with Crippen molar-refractivity contribution in [2.24, 2.45) is 11.7 Å². The van der Waals surface area contributed by atoms with E-state index in [0.717, 1.165) is 45.2 Å². The number of unbranched alkanes of at least 4 members (excludes halogenated alkanes) is 1. The Morgan fingerprint density at radius 2 is 1.96 bits per heavy atom. The fourth-order valence-electron chi connectivity index (χ4n) is 5.09. The summed E-state index contributed by atoms with van der Waals surface area (Å²) in [6.45, 7) is 1.87. The Labute approximate surface area is 167 Å². The van der Waals surface area contributed by atoms with Gasteiger partial charge in [-0.15, -0.1) is 0 Å². The summed E-state index contributed by atoms with van der Waals surface area (Å²) < 4.78 is 0. The van der Waals surface area contributed by atoms with Gasteiger partial charge in [0, 0.05) is 6.04 Å². The number of carboxylic acid groups (broad SMARTS) is 1. The molecule has 2 aliphatic rings. The zero-order chi connectivity index (χ0) is 20.1. The fourth-order valence-corrected chi connectivity index (χ4v) is 5.09. The van der Waals surface area contributed by atoms with Crippen LogP contribution in [0.3, 0.4) is 0 Å². The van der Waals surface area contributed by atoms with Gasteiger partial charge in [-0.25, -0.2) is 0 Å². The van der Waals surface area contributed by atoms with Gasteiger partial charge >= 0.3 is 13.1 Å². The van der Waals surface area contributed by atoms with E-state index < -0.39 is 18.6 Å². The van der Waals surface area contributed by atoms with Crippen molar-refractivity contribution >= 4 is 13.1 Å². The maximum atomic E-state index is 12.0. The number of hydrogen-bond acceptors (Lipinski definition) is 5. The maximum absolute atomic E-state index is 12.0. The second-order valence-corrected chi connectivity index (χ2v) is 8.49. The van der Waals surface area contributed by atoms with Crippen LogP contribution in [0.25, 0.3) is 0 Å². The van der Waals surface area contributed by atoms with Crippen molar-refractivity contribution in [2.75, 3.05) is 13.1 Å². The average Bonchev–Trinajstić information content (AvgIpc) is 2.94. The molecule has 7 heteroatoms. The van der Waals surface area contributed by atoms with Crippen LogP contribution >= 0.6 is 0 Å². The van der Waals surface area contributed by atoms with E-state index in [9.17, 15) is 9.90 Å². The van der Waals surface area contributed by atoms with Gasteiger partial charge in [-0.1, -0.05) is 37.1 Å². The van der Waals surface area contributed by atoms with Crippen molar-refractivity contribution in [3.8, 4) is 0 Å². The van der Waals surface area contributed by atoms with Crippen LogP contribution in [0.5, 0.6) is 0 Å². The zero-order valence-corrected chi connectivity index (χ0v) is 16.6. The van der Waals surface area contributed by atoms with Crippen molar-refractivity contribution in [1.82, 2.24) is 4.90 Å². The van der Waals surface area contributed by atoms with Gasteiger partial charge < -0.3 is 20.9 Å². The minimum atomic E-state index is -1.34. The molecule has 0 aromatic heterocycles. The van der Waals surface area contributed by atoms with Crippen LogP contribution in [0, 0.1) is 5.92 Å². The molecule has 1 fully saturated rings. The first kappa shape index (κ1) is 21.3. The fraction of sp³-hybridized carbons (Fsp3) is 0.667. The number of likely N-dealkylation sites (tertiary alicyclic amines) is 1. The number of carboxylic acids is 1. The summed E-state index contributed by atoms with van der Waals surface area (Å²) in [6, 6.07) is 9.10. The number of hydrogen-bond donors (Lipinski definition) is 4. The minimum absolute atomic E-state index is 0.0503. The molecule has 1 heterocycles. The van der Waals surface area contributed by atoms with E-state index in [1.54, 1.807) is 0 Å². The second kappa shape index (κ2) is 9.40. The highest BCUT2D eigenvalue weighted by molar-refractivity contribution is 6.40. The Morgan fingerprint density at radius 3 is 2.71 bits per heavy atom. The Kier molecular flexibility index (Phi) is 7.15. The molecule has 3 unspecified atom stereocenters. The smallest absolute Gasteiger partial charge is 0.451 e. The quantitative estimate of drug-likeness (QED) is 0.402. The molecule has 154 valence electrons. The van der Waals surface area contributed by atoms with Crippen LogP contribution < -0.4 is 5.73 Å². The summed E-state index contributed by atoms with van der Waals surface area (Å²) in [7, 11) is -1.34. The number of aryl methyl sites for hydroxylation is 1. The molecule has 5 N–H and O–H groups in total. The highest BCUT2D eigenvalue weighted by Crippen LogP contribution is 2.39. The summed E-state index contributed by atoms with van der Waals surface area (Å²) in [6.07, 6.45) is 6.65. The van der Waals surface area contributed by atoms with Gasteiger partial charge in [0.15, 0.2) is 0 Å². The molecule has 0 amide bonds. The van der Waals surface area contributed by atoms with Gasteiger partial charge in [0.25, 0.3) is 0 Å². The zero-order valence-electron chi connectivity index (χ0n) is 16.6. The molecule has 1 aromatic carbocycles. The van der Waals surface area contributed by atoms with E-state index >= 15 is 0 Å². The number of fused-ring (bicyclic) bond motifs is 1. The Morgan fingerprint density at radius 1 is 1.18 bits per heavy atom. The SMILES string of the molecule is NC(CCCCB(O)O)(C(=O)O)C1CCCN(C2CCc3ccccc32)CC1. The van der Waals surface area contributed by atoms with Gasteiger partial charge in [0.2, 0.25) is 0 Å². The molecule has 1 saturated heterocycles. The van der Waals surface area contributed by atoms with E-state index in [1.165, 1.54) is 11.1 Å². The molecule has 0 saturated carbocycles. The molecule has 0 radical (unpaired) electrons. The standard InChI is InChI=1S/C21H33BN2O4/c23-21(20(25)26,12-3-4-13-22(27)28)17-7-5-14-24(15-11-17)19-10-9-16-6-1-2-8-18(16)19/h1-2,6,8,17,19,27-28H,3-5,7,9-15,23H2,(H,25,26). The molecule has 6 nitrogen and oxygen atoms in total. The van der Waals surface area contributed by atoms with E-state index in [0.29, 0.717) is 25.3 Å². The van der Waals surface area contributed by atoms with Gasteiger partial charge in [-0.2, -0.15) is 0 Å². The van der Waals surface area contributed by atoms with Crippen LogP contribution in [0.15, 0.2) is 24.3 Å². The topological polar surface area (TPSA) is 107 Å². The molecule has 1 aromatic rings. The average molecular weight is 388 g/mol. The first-order valence-electron chi connectivity index (χ1n) is 10.6. The highest BCUT2D eigenvalue weighted by atomic mass is 16.4. The highest BCUT2D eigenvalue weighted by Gasteiger charge is 2.42. The van der Waals surface area contributed by atoms with Crippen molar-refractivity contribution in [2.45, 2.75) is 69.3 Å². The molecular formula is C21H33BN2O4. The van der Waals surface area contributed by atoms with Crippen molar-refractivity contribution in [3.05, 3.63) is 35.4 Å². The predicted molar refractivity (Wildman–Crippen MR) is 110 cm³/mol. The molecule has 1 aliphatic heterocycles. The number of benzene rings is 1. The van der Waals surface area contributed by atoms with Crippen molar-refractivity contribution in [1.29, 1.82) is 0 Å². The summed E-state index contributed by atoms with van der Waals surface area (Å²) in [5, 5.41) is 27.8. The number of carbonyl (C=O) groups is 1. The summed E-state index contributed by atoms with van der Waals surface area (Å²) in [5.74, 6) is -0.979. The summed E-state index contributed by atoms with van der Waals surface area (Å²) in [4.78, 5) is 14.5. The third-order valence-corrected chi connectivity index (χ3v) is 6.73. The molecule has 0 spiro atoms. The molecule has 1 aliphatic carbocycles. The lowest BCUT2D eigenvalue weighted by molar-refractivity contribution is -0.146. The van der Waals surface area contributed by atoms with Crippen LogP contribution in [0.1, 0.15) is 62.1 Å². The lowest BCUT2D eigenvalue weighted by Gasteiger charge is -2.34. The van der Waals surface area contributed by atoms with Gasteiger partial charge in [0.05, 0.1) is 0 Å². The lowest BCUT2D eigenvalue weighted by Crippen LogP contribution is -2.54. The van der Waals surface area contributed by atoms with Crippen LogP contribution in [0.4, 0.5) is 0 Å². The van der Waals surface area contributed by atoms with Crippen LogP contribution in [-0.4, -0.2) is 51.8 Å². The molecular weight excluding hydrogens is 355 g/mol. The lowest BCUT2D eigenvalue weighted by atomic mass is 9.75. The molecule has 0 bridgehead atoms. The maximum Gasteiger partial charge on any atom is 0.451 e. The van der Waals surface area contributed by atoms with Crippen LogP contribution in [-0.2, 0) is 11.2 Å². The van der Waals surface area contributed by atoms with E-state index in [-0.39, 0.29) is 12.2 Å². The van der Waals surface area contributed by atoms with Gasteiger partial charge in [-0.3, -0.25) is 9.69 Å². The van der Waals surface area contributed by atoms with Crippen molar-refractivity contribution in [3.63, 3.8) is 0 Å². The molecule has 3 atom stereocenters. The molecule has 28 heavy (non-hydrogen) atoms. The van der Waals surface area contributed by atoms with Gasteiger partial charge in [-0.05, 0) is 75.0 Å². The van der Waals surface area contributed by atoms with Crippen molar-refractivity contribution < 1.29 is 19.9 Å². The first-order chi connectivity index (χ1) is 13.4. The monoisotopic (exact) mass is 388 g/mol. The summed E-state index contributed by atoms with van der Waals surface area (Å²) >= 11 is 0. The Balaban J connectivity index is 1.62. The number of rotatable bonds is 8. The number of nitrogens with two attached hydrogens (primary N) is 1. The number of nitrogens with zero attached hydrogens (tertiary/aromatic N) is 1. The van der Waals surface area contributed by atoms with Crippen LogP contribution in [0.2, 0.25) is 6.32 Å². The third-order valence-electron chi connectivity index (χ3n) is 6.73. The Bertz CT molecular complexity index is 672. The third kappa shape index (κ3) is 4.77. The minimum Gasteiger partial charge on any atom is -0.480 e. The van der Waals surface area contributed by atoms with E-state index in [4.69, 9.17) is 15.8 Å². The predicted octanol–water partition coefficient (Wildman–Crippen LogP) is 2.20. The van der Waals surface area contributed by atoms with E-state index in [1.807, 2.05) is 0 Å². The summed E-state index contributed by atoms with van der Waals surface area (Å²) in [5.41, 5.74) is 8.08. The van der Waals surface area contributed by atoms with E-state index in [2.05, 4.69) is 29.2 Å². The normalized spacial score (nSPS) is 25.0.